The average molecular weight is 351 g/mol. The second-order valence-corrected chi connectivity index (χ2v) is 5.34. The number of nitro benzene ring substituents is 1. The monoisotopic (exact) mass is 351 g/mol. The van der Waals surface area contributed by atoms with Crippen LogP contribution in [0.4, 0.5) is 5.69 Å². The molecule has 0 saturated carbocycles. The third kappa shape index (κ3) is 4.98. The van der Waals surface area contributed by atoms with Gasteiger partial charge in [-0.3, -0.25) is 10.1 Å². The maximum absolute atomic E-state index is 10.7. The zero-order valence-electron chi connectivity index (χ0n) is 13.9. The van der Waals surface area contributed by atoms with E-state index in [-0.39, 0.29) is 12.3 Å². The summed E-state index contributed by atoms with van der Waals surface area (Å²) in [6, 6.07) is 22.8. The molecule has 0 N–H and O–H groups in total. The molecule has 0 atom stereocenters. The summed E-state index contributed by atoms with van der Waals surface area (Å²) < 4.78 is 16.8. The predicted octanol–water partition coefficient (Wildman–Crippen LogP) is 4.84. The lowest BCUT2D eigenvalue weighted by atomic mass is 10.3. The molecule has 0 bridgehead atoms. The van der Waals surface area contributed by atoms with Gasteiger partial charge in [0.05, 0.1) is 11.0 Å². The summed E-state index contributed by atoms with van der Waals surface area (Å²) in [4.78, 5) is 10.3. The number of nitro groups is 1. The Hall–Kier alpha value is -3.54. The first-order valence-electron chi connectivity index (χ1n) is 8.04. The van der Waals surface area contributed by atoms with Gasteiger partial charge in [0, 0.05) is 6.07 Å². The van der Waals surface area contributed by atoms with E-state index in [0.29, 0.717) is 18.1 Å². The van der Waals surface area contributed by atoms with Gasteiger partial charge in [0.25, 0.3) is 5.69 Å². The van der Waals surface area contributed by atoms with Crippen LogP contribution in [0.15, 0.2) is 78.9 Å². The molecule has 0 spiro atoms. The van der Waals surface area contributed by atoms with Gasteiger partial charge >= 0.3 is 0 Å². The van der Waals surface area contributed by atoms with Crippen LogP contribution in [0.5, 0.6) is 23.0 Å². The fourth-order valence-electron chi connectivity index (χ4n) is 2.23. The fourth-order valence-corrected chi connectivity index (χ4v) is 2.23. The molecule has 132 valence electrons. The molecular weight excluding hydrogens is 334 g/mol. The first kappa shape index (κ1) is 17.3. The highest BCUT2D eigenvalue weighted by molar-refractivity contribution is 5.38. The number of hydrogen-bond acceptors (Lipinski definition) is 5. The summed E-state index contributed by atoms with van der Waals surface area (Å²) in [5, 5.41) is 10.7. The van der Waals surface area contributed by atoms with Crippen LogP contribution in [-0.2, 0) is 0 Å². The Morgan fingerprint density at radius 1 is 0.692 bits per heavy atom. The molecule has 0 radical (unpaired) electrons. The van der Waals surface area contributed by atoms with E-state index in [1.54, 1.807) is 12.1 Å². The highest BCUT2D eigenvalue weighted by Gasteiger charge is 2.06. The molecule has 0 aliphatic carbocycles. The molecule has 6 nitrogen and oxygen atoms in total. The van der Waals surface area contributed by atoms with Crippen molar-refractivity contribution in [2.45, 2.75) is 0 Å². The van der Waals surface area contributed by atoms with Crippen LogP contribution in [0.1, 0.15) is 0 Å². The van der Waals surface area contributed by atoms with Gasteiger partial charge in [-0.2, -0.15) is 0 Å². The topological polar surface area (TPSA) is 70.8 Å². The molecule has 3 aromatic carbocycles. The van der Waals surface area contributed by atoms with E-state index >= 15 is 0 Å². The minimum Gasteiger partial charge on any atom is -0.490 e. The Morgan fingerprint density at radius 2 is 1.27 bits per heavy atom. The molecule has 0 aliphatic heterocycles. The lowest BCUT2D eigenvalue weighted by molar-refractivity contribution is -0.384. The van der Waals surface area contributed by atoms with Crippen LogP contribution in [-0.4, -0.2) is 18.1 Å². The molecule has 0 amide bonds. The second kappa shape index (κ2) is 8.53. The zero-order valence-corrected chi connectivity index (χ0v) is 13.9. The molecule has 26 heavy (non-hydrogen) atoms. The van der Waals surface area contributed by atoms with Crippen molar-refractivity contribution in [1.29, 1.82) is 0 Å². The van der Waals surface area contributed by atoms with Crippen LogP contribution in [0.25, 0.3) is 0 Å². The summed E-state index contributed by atoms with van der Waals surface area (Å²) >= 11 is 0. The second-order valence-electron chi connectivity index (χ2n) is 5.34. The number of ether oxygens (including phenoxy) is 3. The van der Waals surface area contributed by atoms with E-state index < -0.39 is 4.92 Å². The number of hydrogen-bond donors (Lipinski definition) is 0. The highest BCUT2D eigenvalue weighted by atomic mass is 16.6. The highest BCUT2D eigenvalue weighted by Crippen LogP contribution is 2.23. The van der Waals surface area contributed by atoms with Crippen molar-refractivity contribution in [2.24, 2.45) is 0 Å². The van der Waals surface area contributed by atoms with Crippen molar-refractivity contribution in [1.82, 2.24) is 0 Å². The SMILES string of the molecule is O=[N+]([O-])c1cccc(OCCOc2ccc(Oc3ccccc3)cc2)c1. The maximum atomic E-state index is 10.7. The molecule has 0 saturated heterocycles. The Bertz CT molecular complexity index is 850. The molecule has 0 fully saturated rings. The number of rotatable bonds is 8. The van der Waals surface area contributed by atoms with Crippen molar-refractivity contribution in [2.75, 3.05) is 13.2 Å². The van der Waals surface area contributed by atoms with Crippen LogP contribution < -0.4 is 14.2 Å². The molecule has 0 heterocycles. The summed E-state index contributed by atoms with van der Waals surface area (Å²) in [5.41, 5.74) is -0.00239. The van der Waals surface area contributed by atoms with Crippen LogP contribution in [0, 0.1) is 10.1 Å². The van der Waals surface area contributed by atoms with E-state index in [1.807, 2.05) is 54.6 Å². The summed E-state index contributed by atoms with van der Waals surface area (Å²) in [6.45, 7) is 0.602. The largest absolute Gasteiger partial charge is 0.490 e. The molecular formula is C20H17NO5. The maximum Gasteiger partial charge on any atom is 0.273 e. The molecule has 0 aliphatic rings. The van der Waals surface area contributed by atoms with Crippen molar-refractivity contribution in [3.63, 3.8) is 0 Å². The van der Waals surface area contributed by atoms with E-state index in [2.05, 4.69) is 0 Å². The van der Waals surface area contributed by atoms with Gasteiger partial charge in [0.1, 0.15) is 36.2 Å². The van der Waals surface area contributed by atoms with Gasteiger partial charge < -0.3 is 14.2 Å². The summed E-state index contributed by atoms with van der Waals surface area (Å²) in [6.07, 6.45) is 0. The normalized spacial score (nSPS) is 10.2. The van der Waals surface area contributed by atoms with E-state index in [0.717, 1.165) is 11.5 Å². The van der Waals surface area contributed by atoms with Gasteiger partial charge in [-0.25, -0.2) is 0 Å². The Morgan fingerprint density at radius 3 is 1.96 bits per heavy atom. The van der Waals surface area contributed by atoms with Crippen LogP contribution in [0.2, 0.25) is 0 Å². The average Bonchev–Trinajstić information content (AvgIpc) is 2.67. The quantitative estimate of drug-likeness (QED) is 0.330. The van der Waals surface area contributed by atoms with Gasteiger partial charge in [0.2, 0.25) is 0 Å². The van der Waals surface area contributed by atoms with Crippen molar-refractivity contribution in [3.8, 4) is 23.0 Å². The fraction of sp³-hybridized carbons (Fsp3) is 0.100. The van der Waals surface area contributed by atoms with Crippen LogP contribution in [0.3, 0.4) is 0 Å². The molecule has 3 aromatic rings. The van der Waals surface area contributed by atoms with Gasteiger partial charge in [-0.05, 0) is 42.5 Å². The van der Waals surface area contributed by atoms with Crippen LogP contribution >= 0.6 is 0 Å². The summed E-state index contributed by atoms with van der Waals surface area (Å²) in [7, 11) is 0. The molecule has 6 heteroatoms. The first-order valence-corrected chi connectivity index (χ1v) is 8.04. The lowest BCUT2D eigenvalue weighted by Gasteiger charge is -2.09. The zero-order chi connectivity index (χ0) is 18.2. The van der Waals surface area contributed by atoms with Crippen molar-refractivity contribution >= 4 is 5.69 Å². The lowest BCUT2D eigenvalue weighted by Crippen LogP contribution is -2.09. The minimum absolute atomic E-state index is 0.00239. The first-order chi connectivity index (χ1) is 12.7. The van der Waals surface area contributed by atoms with Gasteiger partial charge in [-0.15, -0.1) is 0 Å². The predicted molar refractivity (Wildman–Crippen MR) is 97.0 cm³/mol. The van der Waals surface area contributed by atoms with E-state index in [1.165, 1.54) is 12.1 Å². The minimum atomic E-state index is -0.456. The number of benzene rings is 3. The Balaban J connectivity index is 1.45. The third-order valence-corrected chi connectivity index (χ3v) is 3.45. The summed E-state index contributed by atoms with van der Waals surface area (Å²) in [5.74, 6) is 2.62. The van der Waals surface area contributed by atoms with Crippen molar-refractivity contribution in [3.05, 3.63) is 89.0 Å². The van der Waals surface area contributed by atoms with Gasteiger partial charge in [0.15, 0.2) is 0 Å². The molecule has 3 rings (SSSR count). The third-order valence-electron chi connectivity index (χ3n) is 3.45. The molecule has 0 unspecified atom stereocenters. The standard InChI is InChI=1S/C20H17NO5/c22-21(23)16-5-4-8-20(15-16)25-14-13-24-17-9-11-19(12-10-17)26-18-6-2-1-3-7-18/h1-12,15H,13-14H2. The van der Waals surface area contributed by atoms with Crippen molar-refractivity contribution < 1.29 is 19.1 Å². The Kier molecular flexibility index (Phi) is 5.67. The molecule has 0 aromatic heterocycles. The smallest absolute Gasteiger partial charge is 0.273 e. The number of non-ortho nitro benzene ring substituents is 1. The Labute approximate surface area is 150 Å². The van der Waals surface area contributed by atoms with E-state index in [4.69, 9.17) is 14.2 Å². The number of nitrogens with zero attached hydrogens (tertiary/aromatic N) is 1. The van der Waals surface area contributed by atoms with Gasteiger partial charge in [-0.1, -0.05) is 24.3 Å². The number of para-hydroxylation sites is 1. The van der Waals surface area contributed by atoms with E-state index in [9.17, 15) is 10.1 Å².